The Morgan fingerprint density at radius 2 is 2.00 bits per heavy atom. The number of anilines is 3. The summed E-state index contributed by atoms with van der Waals surface area (Å²) in [5.41, 5.74) is 0.136. The van der Waals surface area contributed by atoms with Gasteiger partial charge in [0.05, 0.1) is 25.5 Å². The van der Waals surface area contributed by atoms with Crippen LogP contribution in [0.25, 0.3) is 5.82 Å². The molecule has 1 amide bonds. The maximum absolute atomic E-state index is 13.6. The van der Waals surface area contributed by atoms with Crippen LogP contribution in [0.1, 0.15) is 23.2 Å². The summed E-state index contributed by atoms with van der Waals surface area (Å²) in [6.07, 6.45) is 1.13. The number of methoxy groups -OCH3 is 1. The first-order chi connectivity index (χ1) is 18.2. The number of ether oxygens (including phenoxy) is 1. The number of amides is 1. The molecule has 0 saturated carbocycles. The van der Waals surface area contributed by atoms with Crippen molar-refractivity contribution in [2.24, 2.45) is 0 Å². The van der Waals surface area contributed by atoms with Gasteiger partial charge in [-0.2, -0.15) is 10.2 Å². The normalized spacial score (nSPS) is 14.4. The highest BCUT2D eigenvalue weighted by Crippen LogP contribution is 2.33. The number of hydrogen-bond donors (Lipinski definition) is 3. The largest absolute Gasteiger partial charge is 0.365 e. The minimum Gasteiger partial charge on any atom is -0.365 e. The lowest BCUT2D eigenvalue weighted by Gasteiger charge is -2.48. The van der Waals surface area contributed by atoms with Gasteiger partial charge < -0.3 is 20.3 Å². The van der Waals surface area contributed by atoms with Gasteiger partial charge in [0.2, 0.25) is 0 Å². The Labute approximate surface area is 215 Å². The Bertz CT molecular complexity index is 1430. The van der Waals surface area contributed by atoms with Crippen LogP contribution in [-0.2, 0) is 16.1 Å². The van der Waals surface area contributed by atoms with E-state index >= 15 is 0 Å². The zero-order valence-corrected chi connectivity index (χ0v) is 20.5. The van der Waals surface area contributed by atoms with Crippen LogP contribution in [0.3, 0.4) is 0 Å². The molecule has 3 N–H and O–H groups in total. The topological polar surface area (TPSA) is 126 Å². The molecule has 14 heteroatoms. The number of aromatic nitrogens is 6. The fraction of sp³-hybridized carbons (Fsp3) is 0.292. The molecule has 5 heterocycles. The maximum atomic E-state index is 13.6. The molecule has 4 aromatic heterocycles. The number of pyridine rings is 2. The standard InChI is InChI=1S/C24H24F3N9O2/c1-14-5-19(34-33-14)31-18-6-16(22(26)27)7-21(32-18)35-12-24(13-35,38-2)23(37)29-9-15-3-4-20(28-8-15)36-11-17(25)10-30-36/h3-8,10-11,22H,9,12-13H2,1-2H3,(H,29,37)(H2,31,32,33,34). The summed E-state index contributed by atoms with van der Waals surface area (Å²) >= 11 is 0. The molecular formula is C24H24F3N9O2. The molecule has 1 aliphatic rings. The van der Waals surface area contributed by atoms with Gasteiger partial charge >= 0.3 is 0 Å². The van der Waals surface area contributed by atoms with Crippen LogP contribution in [0.2, 0.25) is 0 Å². The maximum Gasteiger partial charge on any atom is 0.264 e. The molecule has 0 unspecified atom stereocenters. The zero-order valence-electron chi connectivity index (χ0n) is 20.5. The van der Waals surface area contributed by atoms with E-state index < -0.39 is 17.8 Å². The summed E-state index contributed by atoms with van der Waals surface area (Å²) in [7, 11) is 1.42. The van der Waals surface area contributed by atoms with Crippen molar-refractivity contribution in [2.45, 2.75) is 25.5 Å². The van der Waals surface area contributed by atoms with Crippen LogP contribution < -0.4 is 15.5 Å². The molecular weight excluding hydrogens is 503 g/mol. The first-order valence-electron chi connectivity index (χ1n) is 11.6. The summed E-state index contributed by atoms with van der Waals surface area (Å²) in [6.45, 7) is 2.24. The van der Waals surface area contributed by atoms with Crippen LogP contribution in [0.15, 0.2) is 48.9 Å². The predicted octanol–water partition coefficient (Wildman–Crippen LogP) is 3.04. The molecule has 0 aromatic carbocycles. The van der Waals surface area contributed by atoms with E-state index in [1.807, 2.05) is 6.92 Å². The second-order valence-corrected chi connectivity index (χ2v) is 8.87. The van der Waals surface area contributed by atoms with E-state index in [0.29, 0.717) is 17.2 Å². The third kappa shape index (κ3) is 5.16. The van der Waals surface area contributed by atoms with Gasteiger partial charge in [0.15, 0.2) is 23.1 Å². The van der Waals surface area contributed by atoms with Crippen LogP contribution in [-0.4, -0.2) is 61.7 Å². The van der Waals surface area contributed by atoms with Crippen molar-refractivity contribution in [3.8, 4) is 5.82 Å². The summed E-state index contributed by atoms with van der Waals surface area (Å²) < 4.78 is 47.2. The minimum absolute atomic E-state index is 0.123. The lowest BCUT2D eigenvalue weighted by Crippen LogP contribution is -2.70. The summed E-state index contributed by atoms with van der Waals surface area (Å²) in [6, 6.07) is 7.67. The van der Waals surface area contributed by atoms with E-state index in [9.17, 15) is 18.0 Å². The van der Waals surface area contributed by atoms with Gasteiger partial charge in [-0.1, -0.05) is 6.07 Å². The number of aryl methyl sites for hydroxylation is 1. The van der Waals surface area contributed by atoms with Gasteiger partial charge in [-0.25, -0.2) is 27.8 Å². The van der Waals surface area contributed by atoms with E-state index in [4.69, 9.17) is 4.74 Å². The van der Waals surface area contributed by atoms with Crippen molar-refractivity contribution in [1.29, 1.82) is 0 Å². The van der Waals surface area contributed by atoms with Crippen LogP contribution in [0.4, 0.5) is 30.6 Å². The minimum atomic E-state index is -2.71. The molecule has 198 valence electrons. The highest BCUT2D eigenvalue weighted by molar-refractivity contribution is 5.89. The van der Waals surface area contributed by atoms with Gasteiger partial charge in [-0.3, -0.25) is 9.89 Å². The monoisotopic (exact) mass is 527 g/mol. The van der Waals surface area contributed by atoms with Crippen molar-refractivity contribution >= 4 is 23.4 Å². The fourth-order valence-electron chi connectivity index (χ4n) is 4.03. The van der Waals surface area contributed by atoms with Gasteiger partial charge in [0.25, 0.3) is 12.3 Å². The molecule has 5 rings (SSSR count). The Balaban J connectivity index is 1.23. The van der Waals surface area contributed by atoms with Gasteiger partial charge in [-0.05, 0) is 30.7 Å². The molecule has 0 spiro atoms. The first-order valence-corrected chi connectivity index (χ1v) is 11.6. The molecule has 0 atom stereocenters. The number of nitrogens with one attached hydrogen (secondary N) is 3. The smallest absolute Gasteiger partial charge is 0.264 e. The Morgan fingerprint density at radius 1 is 1.18 bits per heavy atom. The molecule has 1 aliphatic heterocycles. The number of nitrogens with zero attached hydrogens (tertiary/aromatic N) is 6. The third-order valence-electron chi connectivity index (χ3n) is 6.12. The highest BCUT2D eigenvalue weighted by Gasteiger charge is 2.50. The fourth-order valence-corrected chi connectivity index (χ4v) is 4.03. The number of alkyl halides is 2. The van der Waals surface area contributed by atoms with Gasteiger partial charge in [-0.15, -0.1) is 0 Å². The van der Waals surface area contributed by atoms with Crippen LogP contribution in [0, 0.1) is 12.7 Å². The number of rotatable bonds is 9. The highest BCUT2D eigenvalue weighted by atomic mass is 19.3. The van der Waals surface area contributed by atoms with E-state index in [1.165, 1.54) is 30.1 Å². The predicted molar refractivity (Wildman–Crippen MR) is 131 cm³/mol. The van der Waals surface area contributed by atoms with E-state index in [-0.39, 0.29) is 42.7 Å². The number of H-pyrrole nitrogens is 1. The molecule has 38 heavy (non-hydrogen) atoms. The number of carbonyl (C=O) groups excluding carboxylic acids is 1. The number of hydrogen-bond acceptors (Lipinski definition) is 8. The molecule has 4 aromatic rings. The molecule has 1 fully saturated rings. The lowest BCUT2D eigenvalue weighted by molar-refractivity contribution is -0.146. The Morgan fingerprint density at radius 3 is 2.61 bits per heavy atom. The average molecular weight is 528 g/mol. The van der Waals surface area contributed by atoms with Gasteiger partial charge in [0.1, 0.15) is 11.6 Å². The number of halogens is 3. The van der Waals surface area contributed by atoms with Gasteiger partial charge in [0, 0.05) is 37.2 Å². The molecule has 0 radical (unpaired) electrons. The van der Waals surface area contributed by atoms with E-state index in [2.05, 4.69) is 35.9 Å². The van der Waals surface area contributed by atoms with Crippen molar-refractivity contribution < 1.29 is 22.7 Å². The first kappa shape index (κ1) is 25.2. The third-order valence-corrected chi connectivity index (χ3v) is 6.12. The van der Waals surface area contributed by atoms with Crippen molar-refractivity contribution in [2.75, 3.05) is 30.4 Å². The summed E-state index contributed by atoms with van der Waals surface area (Å²) in [5, 5.41) is 16.4. The summed E-state index contributed by atoms with van der Waals surface area (Å²) in [4.78, 5) is 23.4. The van der Waals surface area contributed by atoms with E-state index in [0.717, 1.165) is 11.9 Å². The van der Waals surface area contributed by atoms with Crippen molar-refractivity contribution in [3.05, 3.63) is 71.6 Å². The quantitative estimate of drug-likeness (QED) is 0.303. The molecule has 0 aliphatic carbocycles. The second kappa shape index (κ2) is 10.1. The Hall–Kier alpha value is -4.46. The van der Waals surface area contributed by atoms with Crippen molar-refractivity contribution in [1.82, 2.24) is 35.3 Å². The number of aromatic amines is 1. The Kier molecular flexibility index (Phi) is 6.72. The molecule has 0 bridgehead atoms. The number of carbonyl (C=O) groups is 1. The lowest BCUT2D eigenvalue weighted by atomic mass is 9.92. The van der Waals surface area contributed by atoms with Crippen molar-refractivity contribution in [3.63, 3.8) is 0 Å². The summed E-state index contributed by atoms with van der Waals surface area (Å²) in [5.74, 6) is 0.539. The molecule has 1 saturated heterocycles. The van der Waals surface area contributed by atoms with Crippen LogP contribution in [0.5, 0.6) is 0 Å². The second-order valence-electron chi connectivity index (χ2n) is 8.87. The zero-order chi connectivity index (χ0) is 26.9. The average Bonchev–Trinajstić information content (AvgIpc) is 3.50. The SMILES string of the molecule is COC1(C(=O)NCc2ccc(-n3cc(F)cn3)nc2)CN(c2cc(C(F)F)cc(Nc3cc(C)[nH]n3)n2)C1. The van der Waals surface area contributed by atoms with Crippen LogP contribution >= 0.6 is 0 Å². The van der Waals surface area contributed by atoms with E-state index in [1.54, 1.807) is 29.3 Å². The molecule has 11 nitrogen and oxygen atoms in total.